The van der Waals surface area contributed by atoms with E-state index < -0.39 is 82.8 Å². The van der Waals surface area contributed by atoms with Gasteiger partial charge in [0.1, 0.15) is 11.6 Å². The van der Waals surface area contributed by atoms with Crippen LogP contribution < -0.4 is 16.0 Å². The minimum absolute atomic E-state index is 0.236. The summed E-state index contributed by atoms with van der Waals surface area (Å²) in [5, 5.41) is 6.59. The van der Waals surface area contributed by atoms with Gasteiger partial charge in [0, 0.05) is 18.0 Å². The molecule has 3 N–H and O–H groups in total. The topological polar surface area (TPSA) is 117 Å². The van der Waals surface area contributed by atoms with Crippen LogP contribution in [0.1, 0.15) is 58.9 Å². The van der Waals surface area contributed by atoms with Crippen molar-refractivity contribution in [3.05, 3.63) is 59.0 Å². The first-order valence-electron chi connectivity index (χ1n) is 11.3. The van der Waals surface area contributed by atoms with Gasteiger partial charge in [0.25, 0.3) is 17.7 Å². The van der Waals surface area contributed by atoms with Crippen molar-refractivity contribution < 1.29 is 45.5 Å². The van der Waals surface area contributed by atoms with Crippen molar-refractivity contribution in [1.82, 2.24) is 15.6 Å². The number of rotatable bonds is 10. The Kier molecular flexibility index (Phi) is 8.42. The third-order valence-electron chi connectivity index (χ3n) is 5.41. The zero-order valence-electron chi connectivity index (χ0n) is 19.8. The number of pyridine rings is 1. The third-order valence-corrected chi connectivity index (χ3v) is 5.41. The van der Waals surface area contributed by atoms with Gasteiger partial charge >= 0.3 is 6.18 Å². The second-order valence-corrected chi connectivity index (χ2v) is 8.83. The van der Waals surface area contributed by atoms with E-state index in [4.69, 9.17) is 0 Å². The number of nitrogens with one attached hydrogen (secondary N) is 3. The predicted molar refractivity (Wildman–Crippen MR) is 121 cm³/mol. The molecular formula is C24H22F6N4O4. The first kappa shape index (κ1) is 28.6. The van der Waals surface area contributed by atoms with Crippen molar-refractivity contribution in [2.75, 3.05) is 5.32 Å². The Morgan fingerprint density at radius 1 is 1.05 bits per heavy atom. The lowest BCUT2D eigenvalue weighted by Gasteiger charge is -2.20. The van der Waals surface area contributed by atoms with Crippen LogP contribution in [0, 0.1) is 5.82 Å². The van der Waals surface area contributed by atoms with Crippen LogP contribution in [-0.2, 0) is 15.8 Å². The molecule has 2 aromatic rings. The van der Waals surface area contributed by atoms with Gasteiger partial charge in [0.2, 0.25) is 11.7 Å². The van der Waals surface area contributed by atoms with E-state index in [1.54, 1.807) is 0 Å². The summed E-state index contributed by atoms with van der Waals surface area (Å²) >= 11 is 0. The summed E-state index contributed by atoms with van der Waals surface area (Å²) in [6, 6.07) is 1.99. The average molecular weight is 544 g/mol. The molecule has 1 atom stereocenters. The summed E-state index contributed by atoms with van der Waals surface area (Å²) in [6.45, 7) is 0.582. The normalized spacial score (nSPS) is 14.4. The molecule has 8 nitrogen and oxygen atoms in total. The number of carbonyl (C=O) groups excluding carboxylic acids is 4. The lowest BCUT2D eigenvalue weighted by molar-refractivity contribution is -0.139. The summed E-state index contributed by atoms with van der Waals surface area (Å²) in [5.41, 5.74) is -2.23. The fraction of sp³-hybridized carbons (Fsp3) is 0.375. The van der Waals surface area contributed by atoms with E-state index in [9.17, 15) is 45.5 Å². The van der Waals surface area contributed by atoms with Gasteiger partial charge in [-0.25, -0.2) is 18.2 Å². The molecule has 1 aromatic carbocycles. The summed E-state index contributed by atoms with van der Waals surface area (Å²) in [5.74, 6) is -9.52. The number of alkyl halides is 5. The van der Waals surface area contributed by atoms with Crippen LogP contribution in [0.15, 0.2) is 36.5 Å². The van der Waals surface area contributed by atoms with Crippen molar-refractivity contribution >= 4 is 29.3 Å². The second kappa shape index (κ2) is 11.2. The maximum Gasteiger partial charge on any atom is 0.416 e. The Morgan fingerprint density at radius 2 is 1.74 bits per heavy atom. The van der Waals surface area contributed by atoms with E-state index >= 15 is 0 Å². The van der Waals surface area contributed by atoms with E-state index in [1.807, 2.05) is 0 Å². The van der Waals surface area contributed by atoms with E-state index in [0.29, 0.717) is 38.1 Å². The predicted octanol–water partition coefficient (Wildman–Crippen LogP) is 3.87. The number of nitrogens with zero attached hydrogens (tertiary/aromatic N) is 1. The smallest absolute Gasteiger partial charge is 0.347 e. The number of Topliss-reactive ketones (excluding diaryl/α,β-unsaturated/α-hetero) is 1. The summed E-state index contributed by atoms with van der Waals surface area (Å²) in [4.78, 5) is 53.9. The number of hydrogen-bond acceptors (Lipinski definition) is 5. The van der Waals surface area contributed by atoms with Crippen LogP contribution in [0.25, 0.3) is 0 Å². The maximum atomic E-state index is 13.9. The lowest BCUT2D eigenvalue weighted by Crippen LogP contribution is -2.48. The quantitative estimate of drug-likeness (QED) is 0.310. The molecule has 0 bridgehead atoms. The monoisotopic (exact) mass is 544 g/mol. The first-order valence-corrected chi connectivity index (χ1v) is 11.3. The van der Waals surface area contributed by atoms with Crippen LogP contribution in [0.2, 0.25) is 0 Å². The third kappa shape index (κ3) is 8.02. The number of hydrogen-bond donors (Lipinski definition) is 3. The summed E-state index contributed by atoms with van der Waals surface area (Å²) in [6.07, 6.45) is -4.37. The number of anilines is 1. The average Bonchev–Trinajstić information content (AvgIpc) is 3.65. The van der Waals surface area contributed by atoms with E-state index in [1.165, 1.54) is 0 Å². The van der Waals surface area contributed by atoms with Crippen molar-refractivity contribution in [3.8, 4) is 0 Å². The summed E-state index contributed by atoms with van der Waals surface area (Å²) < 4.78 is 79.8. The molecule has 0 spiro atoms. The molecule has 0 aliphatic heterocycles. The van der Waals surface area contributed by atoms with Crippen LogP contribution >= 0.6 is 0 Å². The number of amides is 3. The molecular weight excluding hydrogens is 522 g/mol. The minimum Gasteiger partial charge on any atom is -0.347 e. The molecule has 1 saturated carbocycles. The molecule has 204 valence electrons. The molecule has 1 aliphatic rings. The molecule has 0 radical (unpaired) electrons. The Bertz CT molecular complexity index is 1240. The fourth-order valence-electron chi connectivity index (χ4n) is 3.27. The fourth-order valence-corrected chi connectivity index (χ4v) is 3.27. The van der Waals surface area contributed by atoms with Gasteiger partial charge in [-0.05, 0) is 50.5 Å². The van der Waals surface area contributed by atoms with Crippen molar-refractivity contribution in [3.63, 3.8) is 0 Å². The maximum absolute atomic E-state index is 13.9. The number of benzene rings is 1. The highest BCUT2D eigenvalue weighted by Crippen LogP contribution is 2.30. The molecule has 1 heterocycles. The lowest BCUT2D eigenvalue weighted by atomic mass is 10.0. The van der Waals surface area contributed by atoms with E-state index in [-0.39, 0.29) is 6.04 Å². The number of aromatic nitrogens is 1. The van der Waals surface area contributed by atoms with Gasteiger partial charge in [0.15, 0.2) is 0 Å². The first-order chi connectivity index (χ1) is 17.6. The molecule has 1 aromatic heterocycles. The molecule has 1 aliphatic carbocycles. The number of ketones is 1. The van der Waals surface area contributed by atoms with Gasteiger partial charge in [-0.2, -0.15) is 13.2 Å². The Balaban J connectivity index is 1.83. The van der Waals surface area contributed by atoms with Crippen LogP contribution in [0.3, 0.4) is 0 Å². The minimum atomic E-state index is -4.74. The van der Waals surface area contributed by atoms with Gasteiger partial charge in [-0.1, -0.05) is 6.07 Å². The SMILES string of the molecule is CC(F)(F)CC[C@H](NC(=O)c1cc(F)cnc1NC(=O)c1cccc(C(F)(F)F)c1)C(=O)C(=O)NC1CC1. The molecule has 3 rings (SSSR count). The van der Waals surface area contributed by atoms with Gasteiger partial charge in [0.05, 0.1) is 23.4 Å². The Labute approximate surface area is 212 Å². The number of halogens is 6. The largest absolute Gasteiger partial charge is 0.416 e. The van der Waals surface area contributed by atoms with Crippen LogP contribution in [-0.4, -0.2) is 46.5 Å². The highest BCUT2D eigenvalue weighted by Gasteiger charge is 2.35. The Hall–Kier alpha value is -3.97. The van der Waals surface area contributed by atoms with E-state index in [2.05, 4.69) is 20.9 Å². The molecule has 14 heteroatoms. The highest BCUT2D eigenvalue weighted by molar-refractivity contribution is 6.38. The molecule has 0 saturated heterocycles. The van der Waals surface area contributed by atoms with Crippen molar-refractivity contribution in [1.29, 1.82) is 0 Å². The summed E-state index contributed by atoms with van der Waals surface area (Å²) in [7, 11) is 0. The zero-order valence-corrected chi connectivity index (χ0v) is 19.8. The molecule has 38 heavy (non-hydrogen) atoms. The molecule has 1 fully saturated rings. The zero-order chi connectivity index (χ0) is 28.3. The van der Waals surface area contributed by atoms with Gasteiger partial charge in [-0.15, -0.1) is 0 Å². The molecule has 3 amide bonds. The van der Waals surface area contributed by atoms with Crippen molar-refractivity contribution in [2.45, 2.75) is 56.8 Å². The van der Waals surface area contributed by atoms with Gasteiger partial charge < -0.3 is 16.0 Å². The van der Waals surface area contributed by atoms with Gasteiger partial charge in [-0.3, -0.25) is 19.2 Å². The second-order valence-electron chi connectivity index (χ2n) is 8.83. The van der Waals surface area contributed by atoms with E-state index in [0.717, 1.165) is 18.2 Å². The van der Waals surface area contributed by atoms with Crippen LogP contribution in [0.5, 0.6) is 0 Å². The number of carbonyl (C=O) groups is 4. The molecule has 0 unspecified atom stereocenters. The van der Waals surface area contributed by atoms with Crippen molar-refractivity contribution in [2.24, 2.45) is 0 Å². The Morgan fingerprint density at radius 3 is 2.34 bits per heavy atom. The van der Waals surface area contributed by atoms with Crippen LogP contribution in [0.4, 0.5) is 32.2 Å². The standard InChI is InChI=1S/C24H22F6N4O4/c1-23(26,27)8-7-17(18(35)22(38)32-15-5-6-15)33-21(37)16-10-14(25)11-31-19(16)34-20(36)12-3-2-4-13(9-12)24(28,29)30/h2-4,9-11,15,17H,5-8H2,1H3,(H,32,38)(H,33,37)(H,31,34,36)/t17-/m0/s1. The highest BCUT2D eigenvalue weighted by atomic mass is 19.4.